The number of rotatable bonds is 4. The first-order valence-electron chi connectivity index (χ1n) is 12.4. The summed E-state index contributed by atoms with van der Waals surface area (Å²) < 4.78 is 4.77. The van der Waals surface area contributed by atoms with Gasteiger partial charge >= 0.3 is 0 Å². The second-order valence-corrected chi connectivity index (χ2v) is 9.16. The molecule has 0 saturated carbocycles. The van der Waals surface area contributed by atoms with E-state index in [0.29, 0.717) is 33.6 Å². The van der Waals surface area contributed by atoms with Crippen molar-refractivity contribution in [3.05, 3.63) is 113 Å². The molecule has 6 rings (SSSR count). The summed E-state index contributed by atoms with van der Waals surface area (Å²) in [6.07, 6.45) is 8.18. The number of fused-ring (bicyclic) bond motifs is 2. The number of nitrogen functional groups attached to an aromatic ring is 1. The van der Waals surface area contributed by atoms with Crippen LogP contribution in [0, 0.1) is 11.8 Å². The number of amides is 1. The topological polar surface area (TPSA) is 138 Å². The van der Waals surface area contributed by atoms with Crippen LogP contribution in [-0.4, -0.2) is 39.6 Å². The first-order valence-corrected chi connectivity index (χ1v) is 12.4. The van der Waals surface area contributed by atoms with Crippen LogP contribution >= 0.6 is 0 Å². The average molecular weight is 530 g/mol. The molecule has 0 saturated heterocycles. The maximum atomic E-state index is 14.1. The Hall–Kier alpha value is -5.76. The largest absolute Gasteiger partial charge is 0.383 e. The van der Waals surface area contributed by atoms with Crippen LogP contribution in [0.4, 0.5) is 5.82 Å². The Morgan fingerprint density at radius 3 is 2.67 bits per heavy atom. The molecule has 11 heteroatoms. The predicted octanol–water partition coefficient (Wildman–Crippen LogP) is 2.63. The number of para-hydroxylation sites is 1. The third kappa shape index (κ3) is 4.33. The number of benzene rings is 2. The summed E-state index contributed by atoms with van der Waals surface area (Å²) in [4.78, 5) is 40.7. The summed E-state index contributed by atoms with van der Waals surface area (Å²) in [5.74, 6) is 6.08. The Balaban J connectivity index is 1.48. The van der Waals surface area contributed by atoms with Gasteiger partial charge in [-0.2, -0.15) is 5.10 Å². The normalized spacial score (nSPS) is 11.8. The second-order valence-electron chi connectivity index (χ2n) is 9.16. The summed E-state index contributed by atoms with van der Waals surface area (Å²) in [6, 6.07) is 13.8. The third-order valence-corrected chi connectivity index (χ3v) is 6.42. The summed E-state index contributed by atoms with van der Waals surface area (Å²) in [5, 5.41) is 7.45. The zero-order valence-corrected chi connectivity index (χ0v) is 21.6. The lowest BCUT2D eigenvalue weighted by molar-refractivity contribution is 0.0939. The first-order chi connectivity index (χ1) is 19.4. The second kappa shape index (κ2) is 9.85. The number of imidazole rings is 1. The predicted molar refractivity (Wildman–Crippen MR) is 150 cm³/mol. The number of carbonyl (C=O) groups excluding carboxylic acids is 1. The van der Waals surface area contributed by atoms with Crippen molar-refractivity contribution < 1.29 is 4.79 Å². The number of nitrogens with two attached hydrogens (primary N) is 1. The van der Waals surface area contributed by atoms with Crippen LogP contribution in [0.1, 0.15) is 40.3 Å². The van der Waals surface area contributed by atoms with Crippen molar-refractivity contribution in [3.63, 3.8) is 0 Å². The van der Waals surface area contributed by atoms with Crippen molar-refractivity contribution in [2.45, 2.75) is 13.0 Å². The molecule has 0 spiro atoms. The molecule has 11 nitrogen and oxygen atoms in total. The number of nitrogens with zero attached hydrogens (tertiary/aromatic N) is 7. The van der Waals surface area contributed by atoms with Crippen LogP contribution in [-0.2, 0) is 7.05 Å². The van der Waals surface area contributed by atoms with Crippen molar-refractivity contribution >= 4 is 28.3 Å². The highest BCUT2D eigenvalue weighted by molar-refractivity contribution is 6.04. The molecule has 1 unspecified atom stereocenters. The maximum Gasteiger partial charge on any atom is 0.267 e. The van der Waals surface area contributed by atoms with Gasteiger partial charge in [0, 0.05) is 31.2 Å². The molecular formula is C29H23N9O2. The summed E-state index contributed by atoms with van der Waals surface area (Å²) >= 11 is 0. The smallest absolute Gasteiger partial charge is 0.267 e. The number of carbonyl (C=O) groups is 1. The highest BCUT2D eigenvalue weighted by Crippen LogP contribution is 2.22. The molecule has 4 aromatic heterocycles. The van der Waals surface area contributed by atoms with Gasteiger partial charge in [-0.1, -0.05) is 36.1 Å². The van der Waals surface area contributed by atoms with Gasteiger partial charge in [-0.3, -0.25) is 23.2 Å². The quantitative estimate of drug-likeness (QED) is 0.335. The molecule has 1 atom stereocenters. The van der Waals surface area contributed by atoms with Crippen molar-refractivity contribution in [3.8, 4) is 17.5 Å². The highest BCUT2D eigenvalue weighted by atomic mass is 16.2. The van der Waals surface area contributed by atoms with E-state index in [0.717, 1.165) is 5.56 Å². The summed E-state index contributed by atoms with van der Waals surface area (Å²) in [5.41, 5.74) is 8.59. The van der Waals surface area contributed by atoms with Crippen molar-refractivity contribution in [2.24, 2.45) is 7.05 Å². The number of anilines is 1. The van der Waals surface area contributed by atoms with E-state index >= 15 is 0 Å². The number of nitrogens with one attached hydrogen (secondary N) is 1. The molecule has 0 aliphatic carbocycles. The molecule has 4 heterocycles. The zero-order valence-electron chi connectivity index (χ0n) is 21.6. The van der Waals surface area contributed by atoms with E-state index in [1.165, 1.54) is 10.9 Å². The van der Waals surface area contributed by atoms with Gasteiger partial charge in [0.1, 0.15) is 23.5 Å². The van der Waals surface area contributed by atoms with E-state index in [4.69, 9.17) is 10.7 Å². The maximum absolute atomic E-state index is 14.1. The fourth-order valence-corrected chi connectivity index (χ4v) is 4.55. The summed E-state index contributed by atoms with van der Waals surface area (Å²) in [6.45, 7) is 1.76. The Bertz CT molecular complexity index is 2030. The minimum atomic E-state index is -0.690. The fourth-order valence-electron chi connectivity index (χ4n) is 4.55. The standard InChI is InChI=1S/C29H23N9O2/c1-18(34-28(39)24-25(30)32-17-37-14-13-31-27(24)37)26-35-22-10-6-7-20(12-11-19-15-33-36(2)16-19)23(22)29(40)38(26)21-8-4-3-5-9-21/h3-10,13-18H,30H2,1-2H3,(H,34,39). The third-order valence-electron chi connectivity index (χ3n) is 6.42. The van der Waals surface area contributed by atoms with Crippen LogP contribution in [0.3, 0.4) is 0 Å². The van der Waals surface area contributed by atoms with E-state index in [9.17, 15) is 9.59 Å². The minimum absolute atomic E-state index is 0.0483. The number of hydrogen-bond donors (Lipinski definition) is 2. The molecule has 1 amide bonds. The van der Waals surface area contributed by atoms with Crippen LogP contribution in [0.2, 0.25) is 0 Å². The lowest BCUT2D eigenvalue weighted by atomic mass is 10.1. The van der Waals surface area contributed by atoms with Crippen molar-refractivity contribution in [2.75, 3.05) is 5.73 Å². The lowest BCUT2D eigenvalue weighted by Crippen LogP contribution is -2.34. The molecule has 0 radical (unpaired) electrons. The molecule has 0 aliphatic heterocycles. The van der Waals surface area contributed by atoms with Crippen molar-refractivity contribution in [1.29, 1.82) is 0 Å². The molecular weight excluding hydrogens is 506 g/mol. The van der Waals surface area contributed by atoms with Crippen LogP contribution in [0.5, 0.6) is 0 Å². The van der Waals surface area contributed by atoms with E-state index < -0.39 is 11.9 Å². The van der Waals surface area contributed by atoms with Gasteiger partial charge in [-0.15, -0.1) is 0 Å². The van der Waals surface area contributed by atoms with Crippen LogP contribution in [0.25, 0.3) is 22.2 Å². The van der Waals surface area contributed by atoms with Gasteiger partial charge < -0.3 is 11.1 Å². The Labute approximate surface area is 227 Å². The Kier molecular flexibility index (Phi) is 6.05. The molecule has 196 valence electrons. The number of hydrogen-bond acceptors (Lipinski definition) is 7. The lowest BCUT2D eigenvalue weighted by Gasteiger charge is -2.20. The molecule has 40 heavy (non-hydrogen) atoms. The van der Waals surface area contributed by atoms with E-state index in [2.05, 4.69) is 32.2 Å². The van der Waals surface area contributed by atoms with Gasteiger partial charge in [0.05, 0.1) is 34.4 Å². The average Bonchev–Trinajstić information content (AvgIpc) is 3.60. The zero-order chi connectivity index (χ0) is 27.8. The first kappa shape index (κ1) is 24.6. The van der Waals surface area contributed by atoms with E-state index in [-0.39, 0.29) is 16.9 Å². The van der Waals surface area contributed by atoms with Crippen LogP contribution < -0.4 is 16.6 Å². The van der Waals surface area contributed by atoms with E-state index in [1.54, 1.807) is 59.0 Å². The molecule has 0 fully saturated rings. The van der Waals surface area contributed by atoms with Crippen LogP contribution in [0.15, 0.2) is 84.4 Å². The molecule has 3 N–H and O–H groups in total. The van der Waals surface area contributed by atoms with Gasteiger partial charge in [-0.25, -0.2) is 15.0 Å². The van der Waals surface area contributed by atoms with Crippen molar-refractivity contribution in [1.82, 2.24) is 39.0 Å². The summed E-state index contributed by atoms with van der Waals surface area (Å²) in [7, 11) is 1.81. The highest BCUT2D eigenvalue weighted by Gasteiger charge is 2.24. The fraction of sp³-hybridized carbons (Fsp3) is 0.103. The van der Waals surface area contributed by atoms with Gasteiger partial charge in [0.25, 0.3) is 11.5 Å². The molecule has 0 aliphatic rings. The molecule has 6 aromatic rings. The van der Waals surface area contributed by atoms with Gasteiger partial charge in [0.15, 0.2) is 5.65 Å². The molecule has 2 aromatic carbocycles. The monoisotopic (exact) mass is 529 g/mol. The minimum Gasteiger partial charge on any atom is -0.383 e. The Morgan fingerprint density at radius 2 is 1.90 bits per heavy atom. The Morgan fingerprint density at radius 1 is 1.07 bits per heavy atom. The number of aromatic nitrogens is 7. The number of aryl methyl sites for hydroxylation is 1. The molecule has 0 bridgehead atoms. The van der Waals surface area contributed by atoms with Gasteiger partial charge in [-0.05, 0) is 31.2 Å². The van der Waals surface area contributed by atoms with E-state index in [1.807, 2.05) is 37.4 Å². The SMILES string of the molecule is CC(NC(=O)c1c(N)ncn2ccnc12)c1nc2cccc(C#Cc3cnn(C)c3)c2c(=O)n1-c1ccccc1. The van der Waals surface area contributed by atoms with Gasteiger partial charge in [0.2, 0.25) is 0 Å².